The number of nitrogens with one attached hydrogen (secondary N) is 1. The summed E-state index contributed by atoms with van der Waals surface area (Å²) in [5.74, 6) is 7.39. The molecule has 3 aromatic heterocycles. The maximum Gasteiger partial charge on any atom is 0.150 e. The van der Waals surface area contributed by atoms with E-state index in [1.165, 1.54) is 5.56 Å². The van der Waals surface area contributed by atoms with Crippen LogP contribution < -0.4 is 16.9 Å². The average Bonchev–Trinajstić information content (AvgIpc) is 3.24. The van der Waals surface area contributed by atoms with Crippen molar-refractivity contribution < 1.29 is 9.47 Å². The van der Waals surface area contributed by atoms with E-state index in [2.05, 4.69) is 46.3 Å². The van der Waals surface area contributed by atoms with Gasteiger partial charge in [0.05, 0.1) is 34.9 Å². The first kappa shape index (κ1) is 26.0. The van der Waals surface area contributed by atoms with Gasteiger partial charge in [0.25, 0.3) is 0 Å². The van der Waals surface area contributed by atoms with Crippen LogP contribution in [0.1, 0.15) is 36.9 Å². The summed E-state index contributed by atoms with van der Waals surface area (Å²) < 4.78 is 13.5. The SMILES string of the molecule is COCCNc1nccc2c3ncc(/C(=C(\C)N)N(C)N)cc3n(C(c3ccccc3)C3CCOCC3)c12. The minimum Gasteiger partial charge on any atom is -0.401 e. The Morgan fingerprint density at radius 3 is 2.66 bits per heavy atom. The van der Waals surface area contributed by atoms with Crippen LogP contribution in [0.25, 0.3) is 27.6 Å². The number of ether oxygens (including phenoxy) is 2. The van der Waals surface area contributed by atoms with Gasteiger partial charge in [-0.05, 0) is 43.4 Å². The van der Waals surface area contributed by atoms with Gasteiger partial charge in [-0.25, -0.2) is 10.8 Å². The van der Waals surface area contributed by atoms with Crippen molar-refractivity contribution in [2.24, 2.45) is 17.5 Å². The number of rotatable bonds is 9. The van der Waals surface area contributed by atoms with Crippen molar-refractivity contribution in [1.82, 2.24) is 19.5 Å². The summed E-state index contributed by atoms with van der Waals surface area (Å²) in [5, 5.41) is 6.11. The minimum atomic E-state index is 0.0614. The molecule has 0 spiro atoms. The topological polar surface area (TPSA) is 116 Å². The van der Waals surface area contributed by atoms with Crippen molar-refractivity contribution in [3.8, 4) is 0 Å². The van der Waals surface area contributed by atoms with Crippen molar-refractivity contribution in [3.05, 3.63) is 71.7 Å². The molecule has 1 aromatic carbocycles. The monoisotopic (exact) mass is 515 g/mol. The van der Waals surface area contributed by atoms with E-state index >= 15 is 0 Å². The van der Waals surface area contributed by atoms with Crippen LogP contribution in [-0.2, 0) is 9.47 Å². The van der Waals surface area contributed by atoms with Crippen molar-refractivity contribution in [2.75, 3.05) is 45.8 Å². The molecule has 38 heavy (non-hydrogen) atoms. The van der Waals surface area contributed by atoms with Gasteiger partial charge in [-0.2, -0.15) is 0 Å². The van der Waals surface area contributed by atoms with Gasteiger partial charge in [0, 0.05) is 63.0 Å². The van der Waals surface area contributed by atoms with Gasteiger partial charge < -0.3 is 30.1 Å². The molecule has 0 bridgehead atoms. The second kappa shape index (κ2) is 11.4. The third kappa shape index (κ3) is 4.92. The number of hydrazine groups is 1. The summed E-state index contributed by atoms with van der Waals surface area (Å²) in [6.45, 7) is 4.59. The van der Waals surface area contributed by atoms with Crippen LogP contribution in [0.2, 0.25) is 0 Å². The highest BCUT2D eigenvalue weighted by atomic mass is 16.5. The van der Waals surface area contributed by atoms with Gasteiger partial charge in [-0.3, -0.25) is 4.98 Å². The molecule has 0 radical (unpaired) electrons. The second-order valence-electron chi connectivity index (χ2n) is 9.88. The van der Waals surface area contributed by atoms with Crippen LogP contribution in [0.15, 0.2) is 60.6 Å². The zero-order valence-corrected chi connectivity index (χ0v) is 22.4. The molecule has 9 heteroatoms. The Balaban J connectivity index is 1.84. The number of anilines is 1. The first-order valence-corrected chi connectivity index (χ1v) is 13.1. The van der Waals surface area contributed by atoms with E-state index in [0.717, 1.165) is 65.1 Å². The van der Waals surface area contributed by atoms with Crippen molar-refractivity contribution in [2.45, 2.75) is 25.8 Å². The minimum absolute atomic E-state index is 0.0614. The molecule has 0 amide bonds. The molecule has 5 N–H and O–H groups in total. The van der Waals surface area contributed by atoms with E-state index in [1.807, 2.05) is 25.4 Å². The Bertz CT molecular complexity index is 1420. The molecule has 1 atom stereocenters. The highest BCUT2D eigenvalue weighted by Crippen LogP contribution is 2.42. The lowest BCUT2D eigenvalue weighted by molar-refractivity contribution is 0.0553. The van der Waals surface area contributed by atoms with E-state index in [0.29, 0.717) is 24.8 Å². The predicted molar refractivity (Wildman–Crippen MR) is 152 cm³/mol. The third-order valence-electron chi connectivity index (χ3n) is 7.28. The lowest BCUT2D eigenvalue weighted by atomic mass is 9.86. The fourth-order valence-electron chi connectivity index (χ4n) is 5.70. The molecule has 0 aliphatic carbocycles. The van der Waals surface area contributed by atoms with Gasteiger partial charge in [-0.1, -0.05) is 30.3 Å². The number of hydrogen-bond donors (Lipinski definition) is 3. The van der Waals surface area contributed by atoms with E-state index in [4.69, 9.17) is 31.0 Å². The Hall–Kier alpha value is -3.66. The van der Waals surface area contributed by atoms with Crippen molar-refractivity contribution >= 4 is 33.5 Å². The Labute approximate surface area is 223 Å². The standard InChI is InChI=1S/C29H37N7O2/c1-19(30)26(35(2)31)22-17-24-25(34-18-22)23-9-12-32-29(33-13-16-37-3)28(23)36(24)27(20-7-5-4-6-8-20)21-10-14-38-15-11-21/h4-9,12,17-18,21,27H,10-11,13-16,30-31H2,1-3H3,(H,32,33)/b26-19-. The molecular weight excluding hydrogens is 478 g/mol. The smallest absolute Gasteiger partial charge is 0.150 e. The first-order chi connectivity index (χ1) is 18.5. The number of nitrogens with two attached hydrogens (primary N) is 2. The fourth-order valence-corrected chi connectivity index (χ4v) is 5.70. The quantitative estimate of drug-likeness (QED) is 0.173. The Morgan fingerprint density at radius 1 is 1.21 bits per heavy atom. The van der Waals surface area contributed by atoms with E-state index in [9.17, 15) is 0 Å². The molecule has 4 aromatic rings. The molecule has 1 aliphatic heterocycles. The number of benzene rings is 1. The van der Waals surface area contributed by atoms with Gasteiger partial charge in [0.1, 0.15) is 0 Å². The van der Waals surface area contributed by atoms with E-state index in [-0.39, 0.29) is 6.04 Å². The summed E-state index contributed by atoms with van der Waals surface area (Å²) in [6, 6.07) is 15.0. The van der Waals surface area contributed by atoms with Gasteiger partial charge in [0.2, 0.25) is 0 Å². The van der Waals surface area contributed by atoms with Crippen LogP contribution >= 0.6 is 0 Å². The third-order valence-corrected chi connectivity index (χ3v) is 7.28. The number of pyridine rings is 2. The van der Waals surface area contributed by atoms with Crippen LogP contribution in [0.4, 0.5) is 5.82 Å². The summed E-state index contributed by atoms with van der Waals surface area (Å²) in [4.78, 5) is 9.75. The predicted octanol–water partition coefficient (Wildman–Crippen LogP) is 4.11. The molecule has 1 aliphatic rings. The molecule has 200 valence electrons. The summed E-state index contributed by atoms with van der Waals surface area (Å²) >= 11 is 0. The van der Waals surface area contributed by atoms with Gasteiger partial charge in [0.15, 0.2) is 5.82 Å². The lowest BCUT2D eigenvalue weighted by Crippen LogP contribution is -2.27. The molecule has 0 saturated carbocycles. The maximum absolute atomic E-state index is 6.26. The first-order valence-electron chi connectivity index (χ1n) is 13.1. The molecular formula is C29H37N7O2. The highest BCUT2D eigenvalue weighted by Gasteiger charge is 2.31. The van der Waals surface area contributed by atoms with Crippen LogP contribution in [0.3, 0.4) is 0 Å². The average molecular weight is 516 g/mol. The molecule has 4 heterocycles. The van der Waals surface area contributed by atoms with Gasteiger partial charge >= 0.3 is 0 Å². The number of aromatic nitrogens is 3. The van der Waals surface area contributed by atoms with Crippen molar-refractivity contribution in [1.29, 1.82) is 0 Å². The molecule has 9 nitrogen and oxygen atoms in total. The lowest BCUT2D eigenvalue weighted by Gasteiger charge is -2.33. The number of fused-ring (bicyclic) bond motifs is 3. The number of hydrogen-bond acceptors (Lipinski definition) is 8. The summed E-state index contributed by atoms with van der Waals surface area (Å²) in [5.41, 5.74) is 12.7. The largest absolute Gasteiger partial charge is 0.401 e. The van der Waals surface area contributed by atoms with Crippen LogP contribution in [-0.4, -0.2) is 60.1 Å². The molecule has 1 saturated heterocycles. The van der Waals surface area contributed by atoms with Crippen LogP contribution in [0, 0.1) is 5.92 Å². The summed E-state index contributed by atoms with van der Waals surface area (Å²) in [6.07, 6.45) is 5.63. The summed E-state index contributed by atoms with van der Waals surface area (Å²) in [7, 11) is 3.50. The highest BCUT2D eigenvalue weighted by molar-refractivity contribution is 6.10. The van der Waals surface area contributed by atoms with Crippen molar-refractivity contribution in [3.63, 3.8) is 0 Å². The molecule has 1 unspecified atom stereocenters. The van der Waals surface area contributed by atoms with Crippen LogP contribution in [0.5, 0.6) is 0 Å². The normalized spacial score (nSPS) is 16.0. The number of nitrogens with zero attached hydrogens (tertiary/aromatic N) is 4. The Kier molecular flexibility index (Phi) is 7.78. The number of methoxy groups -OCH3 is 1. The second-order valence-corrected chi connectivity index (χ2v) is 9.88. The fraction of sp³-hybridized carbons (Fsp3) is 0.379. The molecule has 1 fully saturated rings. The Morgan fingerprint density at radius 2 is 1.97 bits per heavy atom. The maximum atomic E-state index is 6.26. The van der Waals surface area contributed by atoms with E-state index in [1.54, 1.807) is 19.2 Å². The van der Waals surface area contributed by atoms with E-state index < -0.39 is 0 Å². The van der Waals surface area contributed by atoms with Gasteiger partial charge in [-0.15, -0.1) is 0 Å². The molecule has 5 rings (SSSR count). The number of allylic oxidation sites excluding steroid dienone is 1. The zero-order chi connectivity index (χ0) is 26.6. The zero-order valence-electron chi connectivity index (χ0n) is 22.4.